The first-order valence-electron chi connectivity index (χ1n) is 3.41. The first-order chi connectivity index (χ1) is 5.56. The zero-order chi connectivity index (χ0) is 9.19. The van der Waals surface area contributed by atoms with E-state index >= 15 is 0 Å². The van der Waals surface area contributed by atoms with E-state index in [1.807, 2.05) is 0 Å². The topological polar surface area (TPSA) is 89.3 Å². The third kappa shape index (κ3) is 1.82. The van der Waals surface area contributed by atoms with Crippen molar-refractivity contribution in [2.24, 2.45) is 5.14 Å². The van der Waals surface area contributed by atoms with Crippen molar-refractivity contribution in [2.45, 2.75) is 4.90 Å². The molecule has 1 rings (SSSR count). The van der Waals surface area contributed by atoms with Gasteiger partial charge in [-0.3, -0.25) is 9.35 Å². The van der Waals surface area contributed by atoms with Gasteiger partial charge in [0.15, 0.2) is 0 Å². The molecule has 0 atom stereocenters. The Morgan fingerprint density at radius 3 is 2.25 bits per heavy atom. The molecule has 4 nitrogen and oxygen atoms in total. The molecule has 12 heavy (non-hydrogen) atoms. The first kappa shape index (κ1) is 9.18. The third-order valence-corrected chi connectivity index (χ3v) is 3.13. The summed E-state index contributed by atoms with van der Waals surface area (Å²) < 4.78 is 11.4. The van der Waals surface area contributed by atoms with Crippen molar-refractivity contribution in [3.63, 3.8) is 0 Å². The van der Waals surface area contributed by atoms with E-state index in [0.29, 0.717) is 10.6 Å². The lowest BCUT2D eigenvalue weighted by molar-refractivity contribution is 0.364. The van der Waals surface area contributed by atoms with Crippen LogP contribution in [0.4, 0.5) is 5.69 Å². The van der Waals surface area contributed by atoms with Gasteiger partial charge in [-0.1, -0.05) is 0 Å². The molecule has 0 unspecified atom stereocenters. The number of thiol groups is 1. The lowest BCUT2D eigenvalue weighted by Gasteiger charge is -2.15. The molecule has 0 saturated carbocycles. The summed E-state index contributed by atoms with van der Waals surface area (Å²) in [5.74, 6) is -0.517. The van der Waals surface area contributed by atoms with E-state index in [2.05, 4.69) is 0 Å². The molecule has 5 N–H and O–H groups in total. The van der Waals surface area contributed by atoms with Gasteiger partial charge in [-0.05, 0) is 34.4 Å². The van der Waals surface area contributed by atoms with Crippen molar-refractivity contribution >= 4 is 15.8 Å². The van der Waals surface area contributed by atoms with Crippen LogP contribution in [0.15, 0.2) is 29.2 Å². The average molecular weight is 188 g/mol. The van der Waals surface area contributed by atoms with Gasteiger partial charge in [-0.25, -0.2) is 0 Å². The molecule has 0 bridgehead atoms. The van der Waals surface area contributed by atoms with E-state index in [1.54, 1.807) is 24.3 Å². The summed E-state index contributed by atoms with van der Waals surface area (Å²) in [7, 11) is -3.05. The van der Waals surface area contributed by atoms with Gasteiger partial charge in [0.25, 0.3) is 0 Å². The SMILES string of the molecule is Nc1ccc([SH](N)(=O)CO)cc1. The highest BCUT2D eigenvalue weighted by Crippen LogP contribution is 2.14. The van der Waals surface area contributed by atoms with Crippen LogP contribution in [-0.4, -0.2) is 15.3 Å². The highest BCUT2D eigenvalue weighted by atomic mass is 32.3. The largest absolute Gasteiger partial charge is 0.399 e. The van der Waals surface area contributed by atoms with Gasteiger partial charge in [0.05, 0.1) is 0 Å². The van der Waals surface area contributed by atoms with E-state index in [0.717, 1.165) is 0 Å². The van der Waals surface area contributed by atoms with Gasteiger partial charge < -0.3 is 10.8 Å². The van der Waals surface area contributed by atoms with E-state index in [-0.39, 0.29) is 0 Å². The number of aliphatic hydroxyl groups excluding tert-OH is 1. The van der Waals surface area contributed by atoms with Gasteiger partial charge in [0.1, 0.15) is 5.94 Å². The molecular weight excluding hydrogens is 176 g/mol. The van der Waals surface area contributed by atoms with Crippen LogP contribution in [-0.2, 0) is 10.1 Å². The summed E-state index contributed by atoms with van der Waals surface area (Å²) in [4.78, 5) is 0.444. The van der Waals surface area contributed by atoms with E-state index in [1.165, 1.54) is 0 Å². The summed E-state index contributed by atoms with van der Waals surface area (Å²) in [6, 6.07) is 6.33. The Morgan fingerprint density at radius 1 is 1.33 bits per heavy atom. The maximum absolute atomic E-state index is 11.4. The quantitative estimate of drug-likeness (QED) is 0.371. The van der Waals surface area contributed by atoms with Crippen molar-refractivity contribution in [3.8, 4) is 0 Å². The molecule has 0 saturated heterocycles. The van der Waals surface area contributed by atoms with Crippen LogP contribution in [0.5, 0.6) is 0 Å². The van der Waals surface area contributed by atoms with Crippen molar-refractivity contribution in [2.75, 3.05) is 11.7 Å². The second-order valence-electron chi connectivity index (χ2n) is 2.53. The summed E-state index contributed by atoms with van der Waals surface area (Å²) in [6.07, 6.45) is 0. The Bertz CT molecular complexity index is 310. The number of hydrogen-bond donors (Lipinski definition) is 4. The van der Waals surface area contributed by atoms with Crippen LogP contribution >= 0.6 is 0 Å². The zero-order valence-corrected chi connectivity index (χ0v) is 7.37. The van der Waals surface area contributed by atoms with Gasteiger partial charge in [0.2, 0.25) is 0 Å². The second-order valence-corrected chi connectivity index (χ2v) is 4.92. The standard InChI is InChI=1S/C7H12N2O2S/c8-6-1-3-7(4-2-6)12(9,11)5-10/h1-4,10,12H,5,8H2,(H2,9,11). The molecule has 0 aliphatic rings. The molecule has 0 amide bonds. The van der Waals surface area contributed by atoms with Crippen molar-refractivity contribution in [1.29, 1.82) is 0 Å². The van der Waals surface area contributed by atoms with Gasteiger partial charge >= 0.3 is 0 Å². The summed E-state index contributed by atoms with van der Waals surface area (Å²) >= 11 is 0. The maximum Gasteiger partial charge on any atom is 0.111 e. The fraction of sp³-hybridized carbons (Fsp3) is 0.143. The molecule has 0 radical (unpaired) electrons. The average Bonchev–Trinajstić information content (AvgIpc) is 2.05. The lowest BCUT2D eigenvalue weighted by Crippen LogP contribution is -2.26. The number of benzene rings is 1. The van der Waals surface area contributed by atoms with E-state index < -0.39 is 16.1 Å². The smallest absolute Gasteiger partial charge is 0.111 e. The molecule has 0 spiro atoms. The minimum absolute atomic E-state index is 0.444. The number of anilines is 1. The van der Waals surface area contributed by atoms with Gasteiger partial charge in [-0.2, -0.15) is 0 Å². The molecule has 0 fully saturated rings. The fourth-order valence-corrected chi connectivity index (χ4v) is 1.63. The van der Waals surface area contributed by atoms with Crippen LogP contribution in [0.1, 0.15) is 0 Å². The van der Waals surface area contributed by atoms with E-state index in [9.17, 15) is 4.21 Å². The van der Waals surface area contributed by atoms with E-state index in [4.69, 9.17) is 16.0 Å². The Hall–Kier alpha value is -0.910. The predicted molar refractivity (Wildman–Crippen MR) is 49.9 cm³/mol. The highest BCUT2D eigenvalue weighted by Gasteiger charge is 2.09. The van der Waals surface area contributed by atoms with Crippen LogP contribution < -0.4 is 10.9 Å². The summed E-state index contributed by atoms with van der Waals surface area (Å²) in [5, 5.41) is 14.0. The van der Waals surface area contributed by atoms with Crippen LogP contribution in [0.25, 0.3) is 0 Å². The van der Waals surface area contributed by atoms with Gasteiger partial charge in [-0.15, -0.1) is 0 Å². The normalized spacial score (nSPS) is 12.8. The minimum Gasteiger partial charge on any atom is -0.399 e. The number of nitrogens with two attached hydrogens (primary N) is 2. The number of rotatable bonds is 2. The highest BCUT2D eigenvalue weighted by molar-refractivity contribution is 8.00. The molecule has 1 aromatic carbocycles. The first-order valence-corrected chi connectivity index (χ1v) is 5.37. The Kier molecular flexibility index (Phi) is 2.46. The molecule has 68 valence electrons. The summed E-state index contributed by atoms with van der Waals surface area (Å²) in [5.41, 5.74) is 6.00. The Morgan fingerprint density at radius 2 is 1.83 bits per heavy atom. The minimum atomic E-state index is -3.05. The number of aliphatic hydroxyl groups is 1. The maximum atomic E-state index is 11.4. The van der Waals surface area contributed by atoms with Crippen LogP contribution in [0.3, 0.4) is 0 Å². The third-order valence-electron chi connectivity index (χ3n) is 1.54. The number of nitrogen functional groups attached to an aromatic ring is 1. The molecule has 0 aromatic heterocycles. The lowest BCUT2D eigenvalue weighted by atomic mass is 10.3. The molecule has 0 aliphatic carbocycles. The Labute approximate surface area is 71.7 Å². The molecule has 5 heteroatoms. The van der Waals surface area contributed by atoms with Crippen LogP contribution in [0.2, 0.25) is 0 Å². The Balaban J connectivity index is 3.05. The molecule has 0 aliphatic heterocycles. The number of hydrogen-bond acceptors (Lipinski definition) is 3. The zero-order valence-electron chi connectivity index (χ0n) is 6.47. The monoisotopic (exact) mass is 188 g/mol. The summed E-state index contributed by atoms with van der Waals surface area (Å²) in [6.45, 7) is 0. The predicted octanol–water partition coefficient (Wildman–Crippen LogP) is -0.532. The molecule has 0 heterocycles. The molecular formula is C7H12N2O2S. The second kappa shape index (κ2) is 3.22. The van der Waals surface area contributed by atoms with Crippen LogP contribution in [0, 0.1) is 0 Å². The van der Waals surface area contributed by atoms with Crippen molar-refractivity contribution in [3.05, 3.63) is 24.3 Å². The molecule has 1 aromatic rings. The van der Waals surface area contributed by atoms with Gasteiger partial charge in [0, 0.05) is 10.6 Å². The fourth-order valence-electron chi connectivity index (χ4n) is 0.808. The van der Waals surface area contributed by atoms with Crippen molar-refractivity contribution in [1.82, 2.24) is 0 Å². The van der Waals surface area contributed by atoms with Crippen molar-refractivity contribution < 1.29 is 9.32 Å².